The summed E-state index contributed by atoms with van der Waals surface area (Å²) in [5.74, 6) is -0.224. The van der Waals surface area contributed by atoms with E-state index in [1.54, 1.807) is 7.11 Å². The zero-order valence-electron chi connectivity index (χ0n) is 10.8. The average molecular weight is 316 g/mol. The number of esters is 1. The summed E-state index contributed by atoms with van der Waals surface area (Å²) in [7, 11) is 3.05. The summed E-state index contributed by atoms with van der Waals surface area (Å²) in [5, 5.41) is 3.29. The van der Waals surface area contributed by atoms with Crippen molar-refractivity contribution in [2.24, 2.45) is 0 Å². The Morgan fingerprint density at radius 2 is 2.17 bits per heavy atom. The molecular weight excluding hydrogens is 298 g/mol. The lowest BCUT2D eigenvalue weighted by Crippen LogP contribution is -2.21. The zero-order valence-corrected chi connectivity index (χ0v) is 12.4. The molecule has 0 bridgehead atoms. The van der Waals surface area contributed by atoms with E-state index in [1.807, 2.05) is 25.1 Å². The van der Waals surface area contributed by atoms with E-state index in [-0.39, 0.29) is 12.0 Å². The van der Waals surface area contributed by atoms with Crippen LogP contribution in [0.25, 0.3) is 0 Å². The smallest absolute Gasteiger partial charge is 0.307 e. The molecule has 0 aliphatic carbocycles. The molecule has 1 rings (SSSR count). The van der Waals surface area contributed by atoms with Gasteiger partial charge < -0.3 is 14.8 Å². The zero-order chi connectivity index (χ0) is 13.5. The van der Waals surface area contributed by atoms with E-state index in [4.69, 9.17) is 4.74 Å². The predicted molar refractivity (Wildman–Crippen MR) is 74.6 cm³/mol. The van der Waals surface area contributed by atoms with Gasteiger partial charge in [0.2, 0.25) is 0 Å². The molecule has 1 unspecified atom stereocenters. The van der Waals surface area contributed by atoms with Gasteiger partial charge in [0.1, 0.15) is 0 Å². The molecule has 100 valence electrons. The highest BCUT2D eigenvalue weighted by molar-refractivity contribution is 9.10. The number of carbonyl (C=O) groups excluding carboxylic acids is 1. The Balaban J connectivity index is 2.77. The molecule has 0 aromatic heterocycles. The van der Waals surface area contributed by atoms with Gasteiger partial charge in [0.15, 0.2) is 0 Å². The minimum absolute atomic E-state index is 0.00218. The van der Waals surface area contributed by atoms with E-state index >= 15 is 0 Å². The van der Waals surface area contributed by atoms with Crippen LogP contribution in [0, 0.1) is 0 Å². The van der Waals surface area contributed by atoms with Crippen molar-refractivity contribution >= 4 is 27.6 Å². The van der Waals surface area contributed by atoms with E-state index in [9.17, 15) is 4.79 Å². The number of benzene rings is 1. The van der Waals surface area contributed by atoms with Gasteiger partial charge in [0.25, 0.3) is 0 Å². The summed E-state index contributed by atoms with van der Waals surface area (Å²) >= 11 is 3.49. The first-order valence-corrected chi connectivity index (χ1v) is 6.47. The van der Waals surface area contributed by atoms with Crippen LogP contribution in [-0.2, 0) is 20.9 Å². The van der Waals surface area contributed by atoms with Gasteiger partial charge in [-0.25, -0.2) is 0 Å². The predicted octanol–water partition coefficient (Wildman–Crippen LogP) is 2.96. The van der Waals surface area contributed by atoms with E-state index in [2.05, 4.69) is 26.0 Å². The average Bonchev–Trinajstić information content (AvgIpc) is 2.33. The molecule has 0 aliphatic rings. The first-order valence-electron chi connectivity index (χ1n) is 5.68. The summed E-state index contributed by atoms with van der Waals surface area (Å²) in [6, 6.07) is 5.87. The highest BCUT2D eigenvalue weighted by Crippen LogP contribution is 2.26. The normalized spacial score (nSPS) is 12.0. The highest BCUT2D eigenvalue weighted by Gasteiger charge is 2.12. The van der Waals surface area contributed by atoms with Crippen molar-refractivity contribution in [3.8, 4) is 0 Å². The van der Waals surface area contributed by atoms with Crippen LogP contribution in [0.2, 0.25) is 0 Å². The molecule has 1 aromatic rings. The molecule has 0 saturated heterocycles. The van der Waals surface area contributed by atoms with Crippen molar-refractivity contribution in [1.29, 1.82) is 0 Å². The third kappa shape index (κ3) is 4.31. The molecule has 0 aliphatic heterocycles. The van der Waals surface area contributed by atoms with Gasteiger partial charge in [-0.3, -0.25) is 4.79 Å². The summed E-state index contributed by atoms with van der Waals surface area (Å²) in [5.41, 5.74) is 2.00. The first-order chi connectivity index (χ1) is 8.58. The highest BCUT2D eigenvalue weighted by atomic mass is 79.9. The standard InChI is InChI=1S/C13H18BrNO3/c1-9(7-13(16)18-3)15-12-6-4-5-11(14)10(12)8-17-2/h4-6,9,15H,7-8H2,1-3H3. The van der Waals surface area contributed by atoms with Crippen molar-refractivity contribution in [3.05, 3.63) is 28.2 Å². The molecule has 18 heavy (non-hydrogen) atoms. The second-order valence-corrected chi connectivity index (χ2v) is 4.88. The fraction of sp³-hybridized carbons (Fsp3) is 0.462. The monoisotopic (exact) mass is 315 g/mol. The molecule has 1 aromatic carbocycles. The van der Waals surface area contributed by atoms with Crippen molar-refractivity contribution in [1.82, 2.24) is 0 Å². The maximum Gasteiger partial charge on any atom is 0.307 e. The van der Waals surface area contributed by atoms with E-state index < -0.39 is 0 Å². The van der Waals surface area contributed by atoms with Crippen molar-refractivity contribution < 1.29 is 14.3 Å². The SMILES string of the molecule is COCc1c(Br)cccc1NC(C)CC(=O)OC. The Labute approximate surface area is 116 Å². The number of carbonyl (C=O) groups is 1. The van der Waals surface area contributed by atoms with Gasteiger partial charge in [-0.05, 0) is 19.1 Å². The number of rotatable bonds is 6. The molecule has 1 atom stereocenters. The lowest BCUT2D eigenvalue weighted by atomic mass is 10.1. The first kappa shape index (κ1) is 15.0. The molecule has 0 radical (unpaired) electrons. The Hall–Kier alpha value is -1.07. The van der Waals surface area contributed by atoms with Gasteiger partial charge in [-0.15, -0.1) is 0 Å². The van der Waals surface area contributed by atoms with E-state index in [1.165, 1.54) is 7.11 Å². The number of anilines is 1. The molecule has 0 heterocycles. The fourth-order valence-corrected chi connectivity index (χ4v) is 2.12. The maximum absolute atomic E-state index is 11.2. The van der Waals surface area contributed by atoms with Gasteiger partial charge in [-0.1, -0.05) is 22.0 Å². The van der Waals surface area contributed by atoms with Crippen LogP contribution in [0.4, 0.5) is 5.69 Å². The van der Waals surface area contributed by atoms with Gasteiger partial charge >= 0.3 is 5.97 Å². The minimum Gasteiger partial charge on any atom is -0.469 e. The van der Waals surface area contributed by atoms with Crippen LogP contribution in [-0.4, -0.2) is 26.2 Å². The molecule has 0 fully saturated rings. The summed E-state index contributed by atoms with van der Waals surface area (Å²) in [6.07, 6.45) is 0.329. The van der Waals surface area contributed by atoms with Crippen LogP contribution >= 0.6 is 15.9 Å². The second kappa shape index (κ2) is 7.38. The molecule has 0 saturated carbocycles. The van der Waals surface area contributed by atoms with Crippen LogP contribution in [0.5, 0.6) is 0 Å². The molecule has 0 amide bonds. The van der Waals surface area contributed by atoms with Crippen LogP contribution in [0.15, 0.2) is 22.7 Å². The number of hydrogen-bond acceptors (Lipinski definition) is 4. The van der Waals surface area contributed by atoms with Crippen molar-refractivity contribution in [3.63, 3.8) is 0 Å². The Morgan fingerprint density at radius 1 is 1.44 bits per heavy atom. The quantitative estimate of drug-likeness (QED) is 0.820. The molecule has 0 spiro atoms. The molecule has 1 N–H and O–H groups in total. The molecule has 5 heteroatoms. The van der Waals surface area contributed by atoms with E-state index in [0.29, 0.717) is 13.0 Å². The summed E-state index contributed by atoms with van der Waals surface area (Å²) in [4.78, 5) is 11.2. The minimum atomic E-state index is -0.224. The van der Waals surface area contributed by atoms with Gasteiger partial charge in [0, 0.05) is 28.9 Å². The Bertz CT molecular complexity index is 409. The van der Waals surface area contributed by atoms with Crippen LogP contribution in [0.3, 0.4) is 0 Å². The van der Waals surface area contributed by atoms with Crippen LogP contribution in [0.1, 0.15) is 18.9 Å². The second-order valence-electron chi connectivity index (χ2n) is 4.02. The molecular formula is C13H18BrNO3. The largest absolute Gasteiger partial charge is 0.469 e. The van der Waals surface area contributed by atoms with Crippen LogP contribution < -0.4 is 5.32 Å². The third-order valence-corrected chi connectivity index (χ3v) is 3.25. The number of ether oxygens (including phenoxy) is 2. The van der Waals surface area contributed by atoms with Gasteiger partial charge in [-0.2, -0.15) is 0 Å². The molecule has 4 nitrogen and oxygen atoms in total. The topological polar surface area (TPSA) is 47.6 Å². The van der Waals surface area contributed by atoms with Gasteiger partial charge in [0.05, 0.1) is 20.1 Å². The number of hydrogen-bond donors (Lipinski definition) is 1. The number of halogens is 1. The summed E-state index contributed by atoms with van der Waals surface area (Å²) in [6.45, 7) is 2.45. The Kier molecular flexibility index (Phi) is 6.15. The number of methoxy groups -OCH3 is 2. The maximum atomic E-state index is 11.2. The lowest BCUT2D eigenvalue weighted by Gasteiger charge is -2.18. The van der Waals surface area contributed by atoms with E-state index in [0.717, 1.165) is 15.7 Å². The Morgan fingerprint density at radius 3 is 2.78 bits per heavy atom. The van der Waals surface area contributed by atoms with Crippen molar-refractivity contribution in [2.45, 2.75) is 26.0 Å². The number of nitrogens with one attached hydrogen (secondary N) is 1. The third-order valence-electron chi connectivity index (χ3n) is 2.51. The lowest BCUT2D eigenvalue weighted by molar-refractivity contribution is -0.140. The van der Waals surface area contributed by atoms with Crippen molar-refractivity contribution in [2.75, 3.05) is 19.5 Å². The fourth-order valence-electron chi connectivity index (χ4n) is 1.63. The summed E-state index contributed by atoms with van der Waals surface area (Å²) < 4.78 is 10.8.